The molecular formula is C15H17N3O4. The second-order valence-electron chi connectivity index (χ2n) is 4.70. The summed E-state index contributed by atoms with van der Waals surface area (Å²) in [4.78, 5) is 22.4. The van der Waals surface area contributed by atoms with Gasteiger partial charge in [0.1, 0.15) is 5.75 Å². The molecule has 22 heavy (non-hydrogen) atoms. The lowest BCUT2D eigenvalue weighted by Gasteiger charge is -2.08. The fraction of sp³-hybridized carbons (Fsp3) is 0.267. The van der Waals surface area contributed by atoms with Crippen molar-refractivity contribution in [2.75, 3.05) is 11.9 Å². The molecule has 0 bridgehead atoms. The zero-order valence-corrected chi connectivity index (χ0v) is 12.2. The maximum absolute atomic E-state index is 11.9. The van der Waals surface area contributed by atoms with Crippen LogP contribution in [0.4, 0.5) is 5.69 Å². The van der Waals surface area contributed by atoms with Crippen LogP contribution in [0.5, 0.6) is 5.75 Å². The number of hydrogen-bond donors (Lipinski definition) is 2. The zero-order chi connectivity index (χ0) is 15.9. The zero-order valence-electron chi connectivity index (χ0n) is 12.2. The number of carboxylic acid groups (broad SMARTS) is 1. The van der Waals surface area contributed by atoms with E-state index in [-0.39, 0.29) is 5.91 Å². The minimum absolute atomic E-state index is 0.128. The van der Waals surface area contributed by atoms with Crippen molar-refractivity contribution in [3.05, 3.63) is 42.2 Å². The maximum atomic E-state index is 11.9. The van der Waals surface area contributed by atoms with E-state index in [9.17, 15) is 9.59 Å². The standard InChI is InChI=1S/C15H17N3O4/c1-18-12(7-8-16-18)5-6-14(19)17-11-3-2-4-13(9-11)22-10-15(20)21/h2-4,7-9H,5-6,10H2,1H3,(H,17,19)(H,20,21). The van der Waals surface area contributed by atoms with E-state index in [0.29, 0.717) is 24.3 Å². The lowest BCUT2D eigenvalue weighted by Crippen LogP contribution is -2.14. The third-order valence-corrected chi connectivity index (χ3v) is 3.01. The number of hydrogen-bond acceptors (Lipinski definition) is 4. The quantitative estimate of drug-likeness (QED) is 0.807. The van der Waals surface area contributed by atoms with Gasteiger partial charge < -0.3 is 15.2 Å². The van der Waals surface area contributed by atoms with Crippen LogP contribution in [0.15, 0.2) is 36.5 Å². The van der Waals surface area contributed by atoms with Crippen molar-refractivity contribution in [2.24, 2.45) is 7.05 Å². The number of aliphatic carboxylic acids is 1. The number of nitrogens with one attached hydrogen (secondary N) is 1. The second-order valence-corrected chi connectivity index (χ2v) is 4.70. The largest absolute Gasteiger partial charge is 0.482 e. The Labute approximate surface area is 127 Å². The first-order chi connectivity index (χ1) is 10.5. The van der Waals surface area contributed by atoms with Crippen LogP contribution in [0.2, 0.25) is 0 Å². The predicted molar refractivity (Wildman–Crippen MR) is 79.7 cm³/mol. The highest BCUT2D eigenvalue weighted by molar-refractivity contribution is 5.91. The van der Waals surface area contributed by atoms with Gasteiger partial charge in [-0.25, -0.2) is 4.79 Å². The Kier molecular flexibility index (Phi) is 5.13. The molecule has 0 unspecified atom stereocenters. The molecule has 0 aliphatic heterocycles. The van der Waals surface area contributed by atoms with E-state index in [2.05, 4.69) is 10.4 Å². The molecule has 1 amide bonds. The molecule has 116 valence electrons. The van der Waals surface area contributed by atoms with Crippen LogP contribution >= 0.6 is 0 Å². The summed E-state index contributed by atoms with van der Waals surface area (Å²) in [5.74, 6) is -0.783. The number of carboxylic acids is 1. The molecule has 2 aromatic rings. The molecule has 1 aromatic heterocycles. The summed E-state index contributed by atoms with van der Waals surface area (Å²) in [6.45, 7) is -0.419. The highest BCUT2D eigenvalue weighted by atomic mass is 16.5. The van der Waals surface area contributed by atoms with Crippen molar-refractivity contribution in [2.45, 2.75) is 12.8 Å². The molecule has 1 aromatic carbocycles. The van der Waals surface area contributed by atoms with Gasteiger partial charge in [-0.05, 0) is 24.6 Å². The first kappa shape index (κ1) is 15.6. The molecule has 0 aliphatic carbocycles. The molecule has 0 aliphatic rings. The Morgan fingerprint density at radius 1 is 1.36 bits per heavy atom. The topological polar surface area (TPSA) is 93.5 Å². The molecule has 0 saturated carbocycles. The second kappa shape index (κ2) is 7.26. The van der Waals surface area contributed by atoms with Crippen molar-refractivity contribution in [1.29, 1.82) is 0 Å². The monoisotopic (exact) mass is 303 g/mol. The average molecular weight is 303 g/mol. The van der Waals surface area contributed by atoms with Crippen molar-refractivity contribution >= 4 is 17.6 Å². The number of carbonyl (C=O) groups excluding carboxylic acids is 1. The number of benzene rings is 1. The van der Waals surface area contributed by atoms with Crippen LogP contribution in [0.1, 0.15) is 12.1 Å². The fourth-order valence-electron chi connectivity index (χ4n) is 1.92. The number of rotatable bonds is 7. The van der Waals surface area contributed by atoms with E-state index < -0.39 is 12.6 Å². The summed E-state index contributed by atoms with van der Waals surface area (Å²) >= 11 is 0. The van der Waals surface area contributed by atoms with Gasteiger partial charge in [-0.1, -0.05) is 6.07 Å². The Morgan fingerprint density at radius 2 is 2.18 bits per heavy atom. The molecule has 2 rings (SSSR count). The van der Waals surface area contributed by atoms with Gasteiger partial charge >= 0.3 is 5.97 Å². The molecule has 0 atom stereocenters. The maximum Gasteiger partial charge on any atom is 0.341 e. The Morgan fingerprint density at radius 3 is 2.86 bits per heavy atom. The normalized spacial score (nSPS) is 10.2. The minimum Gasteiger partial charge on any atom is -0.482 e. The third kappa shape index (κ3) is 4.62. The summed E-state index contributed by atoms with van der Waals surface area (Å²) in [6.07, 6.45) is 2.62. The van der Waals surface area contributed by atoms with Crippen molar-refractivity contribution in [3.63, 3.8) is 0 Å². The summed E-state index contributed by atoms with van der Waals surface area (Å²) < 4.78 is 6.79. The average Bonchev–Trinajstić information content (AvgIpc) is 2.89. The van der Waals surface area contributed by atoms with Gasteiger partial charge in [-0.3, -0.25) is 9.48 Å². The van der Waals surface area contributed by atoms with E-state index in [1.807, 2.05) is 13.1 Å². The number of amides is 1. The summed E-state index contributed by atoms with van der Waals surface area (Å²) in [6, 6.07) is 8.50. The van der Waals surface area contributed by atoms with Gasteiger partial charge in [0.05, 0.1) is 0 Å². The molecule has 0 saturated heterocycles. The molecule has 7 nitrogen and oxygen atoms in total. The van der Waals surface area contributed by atoms with Gasteiger partial charge in [-0.2, -0.15) is 5.10 Å². The Hall–Kier alpha value is -2.83. The highest BCUT2D eigenvalue weighted by Crippen LogP contribution is 2.17. The third-order valence-electron chi connectivity index (χ3n) is 3.01. The fourth-order valence-corrected chi connectivity index (χ4v) is 1.92. The summed E-state index contributed by atoms with van der Waals surface area (Å²) in [5, 5.41) is 15.4. The van der Waals surface area contributed by atoms with Gasteiger partial charge in [0.2, 0.25) is 5.91 Å². The number of aromatic nitrogens is 2. The van der Waals surface area contributed by atoms with Crippen LogP contribution in [0.3, 0.4) is 0 Å². The van der Waals surface area contributed by atoms with E-state index in [1.54, 1.807) is 35.1 Å². The molecule has 0 fully saturated rings. The number of aryl methyl sites for hydroxylation is 2. The number of ether oxygens (including phenoxy) is 1. The van der Waals surface area contributed by atoms with E-state index >= 15 is 0 Å². The highest BCUT2D eigenvalue weighted by Gasteiger charge is 2.06. The van der Waals surface area contributed by atoms with Gasteiger partial charge in [0, 0.05) is 37.1 Å². The van der Waals surface area contributed by atoms with Crippen LogP contribution in [-0.2, 0) is 23.1 Å². The summed E-state index contributed by atoms with van der Waals surface area (Å²) in [5.41, 5.74) is 1.55. The smallest absolute Gasteiger partial charge is 0.341 e. The minimum atomic E-state index is -1.05. The van der Waals surface area contributed by atoms with Crippen LogP contribution in [0.25, 0.3) is 0 Å². The molecule has 0 spiro atoms. The van der Waals surface area contributed by atoms with Crippen molar-refractivity contribution < 1.29 is 19.4 Å². The SMILES string of the molecule is Cn1nccc1CCC(=O)Nc1cccc(OCC(=O)O)c1. The van der Waals surface area contributed by atoms with Crippen LogP contribution in [-0.4, -0.2) is 33.4 Å². The van der Waals surface area contributed by atoms with Crippen LogP contribution in [0, 0.1) is 0 Å². The van der Waals surface area contributed by atoms with Gasteiger partial charge in [0.25, 0.3) is 0 Å². The van der Waals surface area contributed by atoms with Crippen LogP contribution < -0.4 is 10.1 Å². The first-order valence-corrected chi connectivity index (χ1v) is 6.76. The number of anilines is 1. The molecular weight excluding hydrogens is 286 g/mol. The molecule has 1 heterocycles. The predicted octanol–water partition coefficient (Wildman–Crippen LogP) is 1.45. The van der Waals surface area contributed by atoms with Crippen molar-refractivity contribution in [3.8, 4) is 5.75 Å². The first-order valence-electron chi connectivity index (χ1n) is 6.76. The number of nitrogens with zero attached hydrogens (tertiary/aromatic N) is 2. The number of carbonyl (C=O) groups is 2. The Balaban J connectivity index is 1.87. The van der Waals surface area contributed by atoms with Gasteiger partial charge in [-0.15, -0.1) is 0 Å². The molecule has 7 heteroatoms. The molecule has 0 radical (unpaired) electrons. The van der Waals surface area contributed by atoms with E-state index in [0.717, 1.165) is 5.69 Å². The van der Waals surface area contributed by atoms with E-state index in [4.69, 9.17) is 9.84 Å². The summed E-state index contributed by atoms with van der Waals surface area (Å²) in [7, 11) is 1.83. The van der Waals surface area contributed by atoms with Crippen molar-refractivity contribution in [1.82, 2.24) is 9.78 Å². The van der Waals surface area contributed by atoms with E-state index in [1.165, 1.54) is 0 Å². The molecule has 2 N–H and O–H groups in total. The Bertz CT molecular complexity index is 666. The lowest BCUT2D eigenvalue weighted by molar-refractivity contribution is -0.139. The lowest BCUT2D eigenvalue weighted by atomic mass is 10.2. The van der Waals surface area contributed by atoms with Gasteiger partial charge in [0.15, 0.2) is 6.61 Å².